The van der Waals surface area contributed by atoms with Gasteiger partial charge in [0.25, 0.3) is 11.8 Å². The summed E-state index contributed by atoms with van der Waals surface area (Å²) in [6.45, 7) is 4.23. The van der Waals surface area contributed by atoms with Gasteiger partial charge in [0.1, 0.15) is 6.61 Å². The number of nitrogens with one attached hydrogen (secondary N) is 2. The molecule has 0 saturated heterocycles. The van der Waals surface area contributed by atoms with Gasteiger partial charge in [-0.15, -0.1) is 0 Å². The monoisotopic (exact) mass is 359 g/mol. The largest absolute Gasteiger partial charge is 0.445 e. The van der Waals surface area contributed by atoms with Crippen LogP contribution in [0.15, 0.2) is 36.9 Å². The number of carbonyl (C=O) groups is 4. The van der Waals surface area contributed by atoms with Gasteiger partial charge in [0.05, 0.1) is 11.1 Å². The molecule has 138 valence electrons. The third-order valence-corrected chi connectivity index (χ3v) is 3.71. The normalized spacial score (nSPS) is 12.5. The Balaban J connectivity index is 1.63. The molecule has 26 heavy (non-hydrogen) atoms. The van der Waals surface area contributed by atoms with Crippen molar-refractivity contribution in [2.24, 2.45) is 0 Å². The van der Waals surface area contributed by atoms with E-state index in [1.54, 1.807) is 24.3 Å². The summed E-state index contributed by atoms with van der Waals surface area (Å²) in [5, 5.41) is 5.12. The Morgan fingerprint density at radius 2 is 1.69 bits per heavy atom. The van der Waals surface area contributed by atoms with Crippen LogP contribution in [0.4, 0.5) is 4.79 Å². The summed E-state index contributed by atoms with van der Waals surface area (Å²) >= 11 is 0. The highest BCUT2D eigenvalue weighted by atomic mass is 16.5. The highest BCUT2D eigenvalue weighted by Crippen LogP contribution is 2.22. The lowest BCUT2D eigenvalue weighted by atomic mass is 10.1. The molecule has 0 unspecified atom stereocenters. The van der Waals surface area contributed by atoms with Crippen LogP contribution in [0.2, 0.25) is 0 Å². The van der Waals surface area contributed by atoms with Gasteiger partial charge in [0.2, 0.25) is 5.91 Å². The number of ether oxygens (including phenoxy) is 1. The lowest BCUT2D eigenvalue weighted by Crippen LogP contribution is -2.35. The minimum Gasteiger partial charge on any atom is -0.445 e. The minimum absolute atomic E-state index is 0.121. The summed E-state index contributed by atoms with van der Waals surface area (Å²) in [4.78, 5) is 48.4. The van der Waals surface area contributed by atoms with E-state index in [-0.39, 0.29) is 50.4 Å². The first-order valence-electron chi connectivity index (χ1n) is 8.28. The van der Waals surface area contributed by atoms with Crippen LogP contribution in [0.5, 0.6) is 0 Å². The lowest BCUT2D eigenvalue weighted by molar-refractivity contribution is -0.121. The van der Waals surface area contributed by atoms with E-state index in [1.807, 2.05) is 0 Å². The van der Waals surface area contributed by atoms with Gasteiger partial charge in [-0.1, -0.05) is 24.8 Å². The molecule has 1 aliphatic rings. The van der Waals surface area contributed by atoms with E-state index in [0.717, 1.165) is 4.90 Å². The third kappa shape index (κ3) is 4.92. The molecular formula is C18H21N3O5. The van der Waals surface area contributed by atoms with Crippen molar-refractivity contribution in [3.05, 3.63) is 48.0 Å². The molecule has 2 N–H and O–H groups in total. The van der Waals surface area contributed by atoms with Crippen molar-refractivity contribution in [2.45, 2.75) is 12.8 Å². The zero-order valence-corrected chi connectivity index (χ0v) is 14.3. The first kappa shape index (κ1) is 19.2. The number of alkyl carbamates (subject to hydrolysis) is 1. The fourth-order valence-electron chi connectivity index (χ4n) is 2.48. The molecule has 2 rings (SSSR count). The van der Waals surface area contributed by atoms with E-state index >= 15 is 0 Å². The Kier molecular flexibility index (Phi) is 6.90. The zero-order valence-electron chi connectivity index (χ0n) is 14.3. The van der Waals surface area contributed by atoms with E-state index in [2.05, 4.69) is 17.2 Å². The van der Waals surface area contributed by atoms with Crippen LogP contribution in [0.1, 0.15) is 33.6 Å². The molecule has 1 aliphatic heterocycles. The zero-order chi connectivity index (χ0) is 18.9. The molecule has 0 spiro atoms. The maximum atomic E-state index is 12.2. The molecule has 1 heterocycles. The topological polar surface area (TPSA) is 105 Å². The highest BCUT2D eigenvalue weighted by Gasteiger charge is 2.34. The number of nitrogens with zero attached hydrogens (tertiary/aromatic N) is 1. The molecule has 0 fully saturated rings. The fourth-order valence-corrected chi connectivity index (χ4v) is 2.48. The number of hydrogen-bond donors (Lipinski definition) is 2. The molecule has 8 nitrogen and oxygen atoms in total. The van der Waals surface area contributed by atoms with Crippen molar-refractivity contribution in [3.8, 4) is 0 Å². The second-order valence-corrected chi connectivity index (χ2v) is 5.57. The Morgan fingerprint density at radius 3 is 2.31 bits per heavy atom. The van der Waals surface area contributed by atoms with E-state index in [9.17, 15) is 19.2 Å². The molecular weight excluding hydrogens is 338 g/mol. The Hall–Kier alpha value is -3.16. The highest BCUT2D eigenvalue weighted by molar-refractivity contribution is 6.21. The number of rotatable bonds is 9. The van der Waals surface area contributed by atoms with Crippen molar-refractivity contribution in [3.63, 3.8) is 0 Å². The van der Waals surface area contributed by atoms with Crippen LogP contribution in [0, 0.1) is 0 Å². The number of hydrogen-bond acceptors (Lipinski definition) is 5. The first-order valence-corrected chi connectivity index (χ1v) is 8.28. The van der Waals surface area contributed by atoms with Crippen molar-refractivity contribution < 1.29 is 23.9 Å². The maximum Gasteiger partial charge on any atom is 0.407 e. The quantitative estimate of drug-likeness (QED) is 0.390. The Bertz CT molecular complexity index is 682. The van der Waals surface area contributed by atoms with Crippen molar-refractivity contribution in [2.75, 3.05) is 26.2 Å². The molecule has 0 aliphatic carbocycles. The molecule has 1 aromatic carbocycles. The summed E-state index contributed by atoms with van der Waals surface area (Å²) in [5.41, 5.74) is 0.799. The van der Waals surface area contributed by atoms with E-state index in [1.165, 1.54) is 6.08 Å². The van der Waals surface area contributed by atoms with Crippen molar-refractivity contribution in [1.29, 1.82) is 0 Å². The smallest absolute Gasteiger partial charge is 0.407 e. The molecule has 0 bridgehead atoms. The standard InChI is InChI=1S/C18H21N3O5/c1-2-12-26-18(25)20-10-9-19-15(22)8-5-11-21-16(23)13-6-3-4-7-14(13)17(21)24/h2-4,6-7H,1,5,8-12H2,(H,19,22)(H,20,25). The number of benzene rings is 1. The average molecular weight is 359 g/mol. The van der Waals surface area contributed by atoms with Gasteiger partial charge >= 0.3 is 6.09 Å². The summed E-state index contributed by atoms with van der Waals surface area (Å²) in [6.07, 6.45) is 1.42. The minimum atomic E-state index is -0.579. The summed E-state index contributed by atoms with van der Waals surface area (Å²) in [6, 6.07) is 6.66. The van der Waals surface area contributed by atoms with E-state index in [4.69, 9.17) is 4.74 Å². The maximum absolute atomic E-state index is 12.2. The fraction of sp³-hybridized carbons (Fsp3) is 0.333. The summed E-state index contributed by atoms with van der Waals surface area (Å²) in [5.74, 6) is -0.871. The second kappa shape index (κ2) is 9.36. The SMILES string of the molecule is C=CCOC(=O)NCCNC(=O)CCCN1C(=O)c2ccccc2C1=O. The summed E-state index contributed by atoms with van der Waals surface area (Å²) in [7, 11) is 0. The average Bonchev–Trinajstić information content (AvgIpc) is 2.88. The van der Waals surface area contributed by atoms with Crippen LogP contribution in [0.25, 0.3) is 0 Å². The van der Waals surface area contributed by atoms with Crippen molar-refractivity contribution in [1.82, 2.24) is 15.5 Å². The second-order valence-electron chi connectivity index (χ2n) is 5.57. The summed E-state index contributed by atoms with van der Waals surface area (Å²) < 4.78 is 4.72. The van der Waals surface area contributed by atoms with Crippen LogP contribution < -0.4 is 10.6 Å². The molecule has 0 atom stereocenters. The molecule has 4 amide bonds. The number of carbonyl (C=O) groups excluding carboxylic acids is 4. The predicted molar refractivity (Wildman–Crippen MR) is 93.6 cm³/mol. The lowest BCUT2D eigenvalue weighted by Gasteiger charge is -2.13. The molecule has 0 radical (unpaired) electrons. The first-order chi connectivity index (χ1) is 12.5. The van der Waals surface area contributed by atoms with Gasteiger partial charge in [0, 0.05) is 26.1 Å². The number of fused-ring (bicyclic) bond motifs is 1. The van der Waals surface area contributed by atoms with E-state index < -0.39 is 6.09 Å². The van der Waals surface area contributed by atoms with Gasteiger partial charge in [-0.2, -0.15) is 0 Å². The Labute approximate surface area is 151 Å². The van der Waals surface area contributed by atoms with Crippen LogP contribution in [-0.2, 0) is 9.53 Å². The van der Waals surface area contributed by atoms with E-state index in [0.29, 0.717) is 17.5 Å². The molecule has 8 heteroatoms. The van der Waals surface area contributed by atoms with Crippen molar-refractivity contribution >= 4 is 23.8 Å². The van der Waals surface area contributed by atoms with Crippen LogP contribution >= 0.6 is 0 Å². The van der Waals surface area contributed by atoms with Crippen LogP contribution in [0.3, 0.4) is 0 Å². The van der Waals surface area contributed by atoms with Gasteiger partial charge in [-0.3, -0.25) is 19.3 Å². The van der Waals surface area contributed by atoms with Gasteiger partial charge in [-0.05, 0) is 18.6 Å². The van der Waals surface area contributed by atoms with Crippen LogP contribution in [-0.4, -0.2) is 55.0 Å². The van der Waals surface area contributed by atoms with Gasteiger partial charge in [-0.25, -0.2) is 4.79 Å². The predicted octanol–water partition coefficient (Wildman–Crippen LogP) is 1.09. The number of amides is 4. The molecule has 0 aromatic heterocycles. The Morgan fingerprint density at radius 1 is 1.08 bits per heavy atom. The molecule has 1 aromatic rings. The third-order valence-electron chi connectivity index (χ3n) is 3.71. The van der Waals surface area contributed by atoms with Gasteiger partial charge in [0.15, 0.2) is 0 Å². The van der Waals surface area contributed by atoms with Gasteiger partial charge < -0.3 is 15.4 Å². The number of imide groups is 1. The molecule has 0 saturated carbocycles.